The van der Waals surface area contributed by atoms with Crippen LogP contribution in [-0.4, -0.2) is 0 Å². The van der Waals surface area contributed by atoms with Gasteiger partial charge < -0.3 is 0 Å². The molecule has 0 spiro atoms. The fourth-order valence-corrected chi connectivity index (χ4v) is 10.8. The third-order valence-corrected chi connectivity index (χ3v) is 13.4. The van der Waals surface area contributed by atoms with Crippen molar-refractivity contribution >= 4 is 53.1 Å². The van der Waals surface area contributed by atoms with E-state index in [-0.39, 0.29) is 10.8 Å². The molecule has 2 aliphatic carbocycles. The highest BCUT2D eigenvalue weighted by atomic mass is 32.1. The normalized spacial score (nSPS) is 15.0. The molecule has 0 saturated carbocycles. The van der Waals surface area contributed by atoms with Gasteiger partial charge in [-0.25, -0.2) is 0 Å². The van der Waals surface area contributed by atoms with E-state index in [1.54, 1.807) is 0 Å². The lowest BCUT2D eigenvalue weighted by atomic mass is 9.77. The second-order valence-corrected chi connectivity index (χ2v) is 16.7. The fourth-order valence-electron chi connectivity index (χ4n) is 9.73. The molecule has 2 aliphatic rings. The zero-order valence-electron chi connectivity index (χ0n) is 29.3. The molecule has 0 saturated heterocycles. The van der Waals surface area contributed by atoms with E-state index in [2.05, 4.69) is 173 Å². The predicted molar refractivity (Wildman–Crippen MR) is 220 cm³/mol. The van der Waals surface area contributed by atoms with Gasteiger partial charge >= 0.3 is 0 Å². The van der Waals surface area contributed by atoms with Gasteiger partial charge in [0.1, 0.15) is 0 Å². The summed E-state index contributed by atoms with van der Waals surface area (Å²) < 4.78 is 2.68. The largest absolute Gasteiger partial charge is 0.135 e. The lowest BCUT2D eigenvalue weighted by Crippen LogP contribution is -2.18. The highest BCUT2D eigenvalue weighted by Crippen LogP contribution is 2.57. The molecule has 0 aliphatic heterocycles. The number of hydrogen-bond acceptors (Lipinski definition) is 1. The zero-order chi connectivity index (χ0) is 34.2. The summed E-state index contributed by atoms with van der Waals surface area (Å²) in [5.74, 6) is 0. The molecule has 0 N–H and O–H groups in total. The van der Waals surface area contributed by atoms with E-state index in [0.29, 0.717) is 0 Å². The van der Waals surface area contributed by atoms with E-state index in [0.717, 1.165) is 0 Å². The van der Waals surface area contributed by atoms with E-state index < -0.39 is 0 Å². The number of hydrogen-bond donors (Lipinski definition) is 0. The van der Waals surface area contributed by atoms with Crippen molar-refractivity contribution in [2.75, 3.05) is 0 Å². The Kier molecular flexibility index (Phi) is 5.77. The maximum absolute atomic E-state index is 2.54. The molecule has 0 unspecified atom stereocenters. The van der Waals surface area contributed by atoms with Gasteiger partial charge in [-0.05, 0) is 119 Å². The van der Waals surface area contributed by atoms with Crippen LogP contribution >= 0.6 is 11.3 Å². The van der Waals surface area contributed by atoms with Crippen molar-refractivity contribution in [3.05, 3.63) is 168 Å². The lowest BCUT2D eigenvalue weighted by Gasteiger charge is -2.26. The third kappa shape index (κ3) is 3.85. The minimum atomic E-state index is -0.0818. The first-order valence-electron chi connectivity index (χ1n) is 18.1. The predicted octanol–water partition coefficient (Wildman–Crippen LogP) is 14.3. The summed E-state index contributed by atoms with van der Waals surface area (Å²) in [6, 6.07) is 55.3. The van der Waals surface area contributed by atoms with Gasteiger partial charge in [-0.1, -0.05) is 143 Å². The van der Waals surface area contributed by atoms with Gasteiger partial charge in [0.2, 0.25) is 0 Å². The molecule has 11 rings (SSSR count). The van der Waals surface area contributed by atoms with Crippen molar-refractivity contribution in [3.63, 3.8) is 0 Å². The zero-order valence-corrected chi connectivity index (χ0v) is 30.1. The molecular weight excluding hydrogens is 633 g/mol. The van der Waals surface area contributed by atoms with Crippen molar-refractivity contribution in [3.8, 4) is 44.5 Å². The van der Waals surface area contributed by atoms with Crippen LogP contribution in [0.15, 0.2) is 146 Å². The van der Waals surface area contributed by atoms with Crippen LogP contribution in [0.3, 0.4) is 0 Å². The van der Waals surface area contributed by atoms with Crippen molar-refractivity contribution < 1.29 is 0 Å². The van der Waals surface area contributed by atoms with Gasteiger partial charge in [0.05, 0.1) is 0 Å². The standard InChI is InChI=1S/C50H36S/c1-49(2)41-19-11-9-13-31(41)38-27-39-37-25-29(21-23-42(37)50(3,4)44(39)28-43(38)49)47-33-15-5-7-17-35(33)48(36-18-8-6-16-34(36)47)30-22-24-46-40(26-30)32-14-10-12-20-45(32)51-46/h5-28H,1-4H3. The Morgan fingerprint density at radius 1 is 0.333 bits per heavy atom. The van der Waals surface area contributed by atoms with Gasteiger partial charge in [-0.15, -0.1) is 11.3 Å². The summed E-state index contributed by atoms with van der Waals surface area (Å²) in [5, 5.41) is 7.85. The van der Waals surface area contributed by atoms with Crippen molar-refractivity contribution in [2.24, 2.45) is 0 Å². The van der Waals surface area contributed by atoms with Crippen LogP contribution < -0.4 is 0 Å². The molecule has 0 amide bonds. The Morgan fingerprint density at radius 2 is 0.804 bits per heavy atom. The quantitative estimate of drug-likeness (QED) is 0.161. The molecule has 8 aromatic carbocycles. The molecule has 0 fully saturated rings. The average molecular weight is 669 g/mol. The van der Waals surface area contributed by atoms with E-state index in [4.69, 9.17) is 0 Å². The van der Waals surface area contributed by atoms with Gasteiger partial charge in [0.15, 0.2) is 0 Å². The Balaban J connectivity index is 1.16. The summed E-state index contributed by atoms with van der Waals surface area (Å²) in [6.45, 7) is 9.59. The third-order valence-electron chi connectivity index (χ3n) is 12.3. The summed E-state index contributed by atoms with van der Waals surface area (Å²) in [4.78, 5) is 0. The minimum Gasteiger partial charge on any atom is -0.135 e. The molecule has 51 heavy (non-hydrogen) atoms. The molecule has 0 atom stereocenters. The first-order chi connectivity index (χ1) is 24.8. The average Bonchev–Trinajstić information content (AvgIpc) is 3.72. The van der Waals surface area contributed by atoms with Crippen molar-refractivity contribution in [2.45, 2.75) is 38.5 Å². The van der Waals surface area contributed by atoms with Gasteiger partial charge in [-0.2, -0.15) is 0 Å². The SMILES string of the molecule is CC1(C)c2ccccc2-c2cc3c(cc21)C(C)(C)c1ccc(-c2c4ccccc4c(-c4ccc5sc6ccccc6c5c4)c4ccccc24)cc1-3. The molecule has 1 heteroatoms. The maximum atomic E-state index is 2.54. The number of fused-ring (bicyclic) bond motifs is 11. The number of rotatable bonds is 2. The lowest BCUT2D eigenvalue weighted by molar-refractivity contribution is 0.639. The Morgan fingerprint density at radius 3 is 1.47 bits per heavy atom. The molecule has 0 radical (unpaired) electrons. The van der Waals surface area contributed by atoms with Gasteiger partial charge in [0.25, 0.3) is 0 Å². The topological polar surface area (TPSA) is 0 Å². The molecule has 1 heterocycles. The molecular formula is C50H36S. The maximum Gasteiger partial charge on any atom is 0.0355 e. The Hall–Kier alpha value is -5.50. The molecule has 0 nitrogen and oxygen atoms in total. The molecule has 1 aromatic heterocycles. The summed E-state index contributed by atoms with van der Waals surface area (Å²) in [7, 11) is 0. The molecule has 0 bridgehead atoms. The van der Waals surface area contributed by atoms with Crippen LogP contribution in [0.1, 0.15) is 49.9 Å². The second-order valence-electron chi connectivity index (χ2n) is 15.6. The highest BCUT2D eigenvalue weighted by Gasteiger charge is 2.41. The number of benzene rings is 8. The summed E-state index contributed by atoms with van der Waals surface area (Å²) in [5.41, 5.74) is 16.3. The Labute approximate surface area is 302 Å². The minimum absolute atomic E-state index is 0.0163. The smallest absolute Gasteiger partial charge is 0.0355 e. The molecule has 9 aromatic rings. The van der Waals surface area contributed by atoms with E-state index in [9.17, 15) is 0 Å². The monoisotopic (exact) mass is 668 g/mol. The first kappa shape index (κ1) is 29.3. The van der Waals surface area contributed by atoms with Crippen LogP contribution in [0.25, 0.3) is 86.2 Å². The van der Waals surface area contributed by atoms with E-state index in [1.807, 2.05) is 11.3 Å². The summed E-state index contributed by atoms with van der Waals surface area (Å²) >= 11 is 1.88. The van der Waals surface area contributed by atoms with Crippen LogP contribution in [0, 0.1) is 0 Å². The van der Waals surface area contributed by atoms with Gasteiger partial charge in [-0.3, -0.25) is 0 Å². The van der Waals surface area contributed by atoms with Crippen LogP contribution in [0.2, 0.25) is 0 Å². The van der Waals surface area contributed by atoms with E-state index in [1.165, 1.54) is 108 Å². The Bertz CT molecular complexity index is 2910. The molecule has 242 valence electrons. The summed E-state index contributed by atoms with van der Waals surface area (Å²) in [6.07, 6.45) is 0. The second kappa shape index (κ2) is 10.1. The van der Waals surface area contributed by atoms with Crippen molar-refractivity contribution in [1.82, 2.24) is 0 Å². The van der Waals surface area contributed by atoms with E-state index >= 15 is 0 Å². The fraction of sp³-hybridized carbons (Fsp3) is 0.120. The van der Waals surface area contributed by atoms with Gasteiger partial charge in [0, 0.05) is 31.0 Å². The van der Waals surface area contributed by atoms with Crippen LogP contribution in [0.5, 0.6) is 0 Å². The van der Waals surface area contributed by atoms with Crippen LogP contribution in [-0.2, 0) is 10.8 Å². The number of thiophene rings is 1. The first-order valence-corrected chi connectivity index (χ1v) is 18.9. The highest BCUT2D eigenvalue weighted by molar-refractivity contribution is 7.25. The van der Waals surface area contributed by atoms with Crippen molar-refractivity contribution in [1.29, 1.82) is 0 Å². The van der Waals surface area contributed by atoms with Crippen LogP contribution in [0.4, 0.5) is 0 Å².